The van der Waals surface area contributed by atoms with Crippen molar-refractivity contribution < 1.29 is 13.0 Å². The fourth-order valence-corrected chi connectivity index (χ4v) is 1.73. The van der Waals surface area contributed by atoms with Gasteiger partial charge in [0.15, 0.2) is 0 Å². The van der Waals surface area contributed by atoms with Crippen molar-refractivity contribution in [2.45, 2.75) is 6.42 Å². The lowest BCUT2D eigenvalue weighted by Crippen LogP contribution is -2.17. The van der Waals surface area contributed by atoms with Gasteiger partial charge in [-0.2, -0.15) is 8.42 Å². The molecule has 0 atom stereocenters. The van der Waals surface area contributed by atoms with Gasteiger partial charge in [0.25, 0.3) is 0 Å². The number of hydrogen-bond acceptors (Lipinski definition) is 4. The van der Waals surface area contributed by atoms with Crippen LogP contribution < -0.4 is 4.72 Å². The van der Waals surface area contributed by atoms with E-state index in [2.05, 4.69) is 20.1 Å². The van der Waals surface area contributed by atoms with Crippen LogP contribution in [0.5, 0.6) is 0 Å². The molecule has 1 radical (unpaired) electrons. The molecule has 0 aliphatic rings. The summed E-state index contributed by atoms with van der Waals surface area (Å²) in [5.41, 5.74) is 2.30. The van der Waals surface area contributed by atoms with Crippen molar-refractivity contribution in [1.82, 2.24) is 20.1 Å². The molecule has 2 N–H and O–H groups in total. The van der Waals surface area contributed by atoms with Gasteiger partial charge in [0, 0.05) is 6.54 Å². The van der Waals surface area contributed by atoms with Crippen molar-refractivity contribution in [1.29, 1.82) is 0 Å². The predicted octanol–water partition coefficient (Wildman–Crippen LogP) is -0.0924. The van der Waals surface area contributed by atoms with Gasteiger partial charge in [0.05, 0.1) is 5.52 Å². The zero-order valence-electron chi connectivity index (χ0n) is 8.16. The van der Waals surface area contributed by atoms with Gasteiger partial charge in [0.1, 0.15) is 5.52 Å². The van der Waals surface area contributed by atoms with E-state index in [9.17, 15) is 8.42 Å². The standard InChI is InChI=1S/C8H9N4O3S/c13-16(14,15)9-5-4-6-2-1-3-7-8(6)11-12-10-7/h1-3H,4-5H2,(H,10,11,12)(H,13,14,15). The number of H-pyrrole nitrogens is 1. The lowest BCUT2D eigenvalue weighted by atomic mass is 10.1. The van der Waals surface area contributed by atoms with Crippen LogP contribution in [-0.2, 0) is 16.7 Å². The van der Waals surface area contributed by atoms with E-state index in [0.717, 1.165) is 11.1 Å². The van der Waals surface area contributed by atoms with Crippen molar-refractivity contribution in [3.05, 3.63) is 23.8 Å². The summed E-state index contributed by atoms with van der Waals surface area (Å²) in [5, 5.41) is 10.2. The molecule has 1 aromatic carbocycles. The molecule has 0 saturated carbocycles. The van der Waals surface area contributed by atoms with Gasteiger partial charge in [-0.05, 0) is 18.1 Å². The molecule has 7 nitrogen and oxygen atoms in total. The van der Waals surface area contributed by atoms with Crippen LogP contribution in [-0.4, -0.2) is 34.9 Å². The maximum atomic E-state index is 10.4. The Morgan fingerprint density at radius 3 is 3.00 bits per heavy atom. The number of benzene rings is 1. The average Bonchev–Trinajstić information content (AvgIpc) is 2.64. The summed E-state index contributed by atoms with van der Waals surface area (Å²) in [4.78, 5) is 0. The van der Waals surface area contributed by atoms with Crippen molar-refractivity contribution in [3.8, 4) is 0 Å². The Morgan fingerprint density at radius 1 is 1.44 bits per heavy atom. The molecule has 85 valence electrons. The Morgan fingerprint density at radius 2 is 2.25 bits per heavy atom. The summed E-state index contributed by atoms with van der Waals surface area (Å²) in [5.74, 6) is 0. The molecule has 8 heteroatoms. The van der Waals surface area contributed by atoms with Crippen LogP contribution in [0, 0.1) is 0 Å². The van der Waals surface area contributed by atoms with E-state index < -0.39 is 10.3 Å². The van der Waals surface area contributed by atoms with Crippen molar-refractivity contribution in [3.63, 3.8) is 0 Å². The highest BCUT2D eigenvalue weighted by molar-refractivity contribution is 7.83. The molecule has 2 aromatic rings. The van der Waals surface area contributed by atoms with Gasteiger partial charge in [-0.3, -0.25) is 9.65 Å². The molecule has 0 aliphatic heterocycles. The van der Waals surface area contributed by atoms with Gasteiger partial charge in [-0.25, -0.2) is 0 Å². The third-order valence-electron chi connectivity index (χ3n) is 2.08. The largest absolute Gasteiger partial charge is 0.350 e. The molecule has 0 fully saturated rings. The Bertz CT molecular complexity index is 592. The number of nitrogens with zero attached hydrogens (tertiary/aromatic N) is 3. The third kappa shape index (κ3) is 2.54. The normalized spacial score (nSPS) is 12.1. The van der Waals surface area contributed by atoms with Crippen molar-refractivity contribution in [2.24, 2.45) is 0 Å². The first kappa shape index (κ1) is 11.0. The number of nitrogens with one attached hydrogen (secondary N) is 1. The topological polar surface area (TPSA) is 110 Å². The van der Waals surface area contributed by atoms with Crippen molar-refractivity contribution >= 4 is 21.3 Å². The summed E-state index contributed by atoms with van der Waals surface area (Å²) in [6.07, 6.45) is 0.379. The maximum absolute atomic E-state index is 10.4. The molecule has 0 unspecified atom stereocenters. The third-order valence-corrected chi connectivity index (χ3v) is 2.58. The van der Waals surface area contributed by atoms with Crippen LogP contribution in [0.4, 0.5) is 0 Å². The number of aromatic amines is 1. The smallest absolute Gasteiger partial charge is 0.272 e. The Labute approximate surface area is 91.7 Å². The van der Waals surface area contributed by atoms with E-state index in [1.54, 1.807) is 0 Å². The minimum absolute atomic E-state index is 0.00912. The van der Waals surface area contributed by atoms with Crippen LogP contribution in [0.15, 0.2) is 18.2 Å². The zero-order valence-corrected chi connectivity index (χ0v) is 8.98. The predicted molar refractivity (Wildman–Crippen MR) is 56.1 cm³/mol. The number of aromatic nitrogens is 3. The van der Waals surface area contributed by atoms with Gasteiger partial charge in [-0.1, -0.05) is 22.1 Å². The fraction of sp³-hybridized carbons (Fsp3) is 0.250. The molecule has 0 bridgehead atoms. The lowest BCUT2D eigenvalue weighted by molar-refractivity contribution is 0.466. The van der Waals surface area contributed by atoms with E-state index in [0.29, 0.717) is 11.9 Å². The summed E-state index contributed by atoms with van der Waals surface area (Å²) >= 11 is 0. The Hall–Kier alpha value is -1.51. The first-order chi connectivity index (χ1) is 7.56. The molecular formula is C8H9N4O3S. The summed E-state index contributed by atoms with van der Waals surface area (Å²) in [6, 6.07) is 5.44. The highest BCUT2D eigenvalue weighted by Crippen LogP contribution is 2.13. The monoisotopic (exact) mass is 241 g/mol. The second-order valence-electron chi connectivity index (χ2n) is 3.18. The Balaban J connectivity index is 2.12. The first-order valence-corrected chi connectivity index (χ1v) is 5.91. The molecule has 0 amide bonds. The van der Waals surface area contributed by atoms with Crippen LogP contribution in [0.1, 0.15) is 5.56 Å². The Kier molecular flexibility index (Phi) is 2.86. The summed E-state index contributed by atoms with van der Waals surface area (Å²) in [7, 11) is -4.25. The first-order valence-electron chi connectivity index (χ1n) is 4.51. The van der Waals surface area contributed by atoms with Crippen LogP contribution >= 0.6 is 0 Å². The SMILES string of the molecule is O=S(=O)(O)[N]CCc1cccc2[nH]nnc12. The van der Waals surface area contributed by atoms with E-state index >= 15 is 0 Å². The molecule has 1 aromatic heterocycles. The summed E-state index contributed by atoms with van der Waals surface area (Å²) in [6.45, 7) is -0.00912. The summed E-state index contributed by atoms with van der Waals surface area (Å²) < 4.78 is 32.3. The van der Waals surface area contributed by atoms with E-state index in [4.69, 9.17) is 4.55 Å². The van der Waals surface area contributed by atoms with Gasteiger partial charge in [-0.15, -0.1) is 5.10 Å². The molecule has 16 heavy (non-hydrogen) atoms. The second kappa shape index (κ2) is 4.16. The zero-order chi connectivity index (χ0) is 11.6. The highest BCUT2D eigenvalue weighted by Gasteiger charge is 2.07. The molecule has 1 heterocycles. The lowest BCUT2D eigenvalue weighted by Gasteiger charge is -2.00. The van der Waals surface area contributed by atoms with Crippen LogP contribution in [0.25, 0.3) is 11.0 Å². The molecule has 2 rings (SSSR count). The minimum Gasteiger partial charge on any atom is -0.272 e. The number of hydrogen-bond donors (Lipinski definition) is 2. The maximum Gasteiger partial charge on any atom is 0.350 e. The van der Waals surface area contributed by atoms with E-state index in [1.807, 2.05) is 18.2 Å². The molecule has 0 aliphatic carbocycles. The molecule has 0 saturated heterocycles. The number of rotatable bonds is 4. The van der Waals surface area contributed by atoms with E-state index in [1.165, 1.54) is 0 Å². The fourth-order valence-electron chi connectivity index (χ4n) is 1.41. The molecular weight excluding hydrogens is 232 g/mol. The van der Waals surface area contributed by atoms with Crippen LogP contribution in [0.3, 0.4) is 0 Å². The van der Waals surface area contributed by atoms with Gasteiger partial charge in [0.2, 0.25) is 0 Å². The van der Waals surface area contributed by atoms with Crippen molar-refractivity contribution in [2.75, 3.05) is 6.54 Å². The van der Waals surface area contributed by atoms with E-state index in [-0.39, 0.29) is 6.54 Å². The molecule has 0 spiro atoms. The quantitative estimate of drug-likeness (QED) is 0.727. The van der Waals surface area contributed by atoms with Gasteiger partial charge >= 0.3 is 10.3 Å². The highest BCUT2D eigenvalue weighted by atomic mass is 32.2. The van der Waals surface area contributed by atoms with Crippen LogP contribution in [0.2, 0.25) is 0 Å². The minimum atomic E-state index is -4.25. The number of fused-ring (bicyclic) bond motifs is 1. The average molecular weight is 241 g/mol. The van der Waals surface area contributed by atoms with Gasteiger partial charge < -0.3 is 0 Å². The second-order valence-corrected chi connectivity index (χ2v) is 4.33.